The van der Waals surface area contributed by atoms with Crippen LogP contribution in [-0.2, 0) is 6.61 Å². The molecule has 9 nitrogen and oxygen atoms in total. The van der Waals surface area contributed by atoms with Gasteiger partial charge in [-0.15, -0.1) is 0 Å². The summed E-state index contributed by atoms with van der Waals surface area (Å²) in [4.78, 5) is 23.4. The minimum atomic E-state index is -0.978. The number of nitrogens with one attached hydrogen (secondary N) is 1. The fourth-order valence-electron chi connectivity index (χ4n) is 3.10. The van der Waals surface area contributed by atoms with E-state index in [4.69, 9.17) is 24.1 Å². The van der Waals surface area contributed by atoms with E-state index in [0.29, 0.717) is 40.7 Å². The number of carbonyl (C=O) groups is 2. The Morgan fingerprint density at radius 1 is 0.857 bits per heavy atom. The Hall–Kier alpha value is -4.53. The standard InChI is InChI=1S/C26H26N2O7/c1-4-34-24-13-18(7-11-22(24)35-16-17-5-8-19(9-6-17)26(30)31)15-27-28-25(29)20-10-12-21(32-2)23(14-20)33-3/h5-15H,4,16H2,1-3H3,(H,28,29)(H,30,31)/b27-15+. The highest BCUT2D eigenvalue weighted by Crippen LogP contribution is 2.29. The first-order chi connectivity index (χ1) is 16.9. The Morgan fingerprint density at radius 2 is 1.54 bits per heavy atom. The third-order valence-corrected chi connectivity index (χ3v) is 4.89. The highest BCUT2D eigenvalue weighted by atomic mass is 16.5. The summed E-state index contributed by atoms with van der Waals surface area (Å²) in [5.74, 6) is 0.634. The Balaban J connectivity index is 1.65. The molecule has 0 aromatic heterocycles. The average Bonchev–Trinajstić information content (AvgIpc) is 2.88. The number of hydrazone groups is 1. The van der Waals surface area contributed by atoms with E-state index in [-0.39, 0.29) is 12.2 Å². The van der Waals surface area contributed by atoms with Crippen molar-refractivity contribution >= 4 is 18.1 Å². The molecular weight excluding hydrogens is 452 g/mol. The number of rotatable bonds is 11. The Kier molecular flexibility index (Phi) is 8.66. The second-order valence-corrected chi connectivity index (χ2v) is 7.20. The number of nitrogens with zero attached hydrogens (tertiary/aromatic N) is 1. The minimum Gasteiger partial charge on any atom is -0.493 e. The van der Waals surface area contributed by atoms with Crippen molar-refractivity contribution in [1.29, 1.82) is 0 Å². The van der Waals surface area contributed by atoms with E-state index in [0.717, 1.165) is 5.56 Å². The number of ether oxygens (including phenoxy) is 4. The smallest absolute Gasteiger partial charge is 0.335 e. The van der Waals surface area contributed by atoms with Crippen molar-refractivity contribution in [1.82, 2.24) is 5.43 Å². The number of hydrogen-bond donors (Lipinski definition) is 2. The van der Waals surface area contributed by atoms with Crippen molar-refractivity contribution in [3.63, 3.8) is 0 Å². The zero-order chi connectivity index (χ0) is 25.2. The predicted octanol–water partition coefficient (Wildman–Crippen LogP) is 4.14. The number of benzene rings is 3. The minimum absolute atomic E-state index is 0.214. The largest absolute Gasteiger partial charge is 0.493 e. The molecule has 3 aromatic rings. The quantitative estimate of drug-likeness (QED) is 0.314. The van der Waals surface area contributed by atoms with Crippen LogP contribution in [0, 0.1) is 0 Å². The van der Waals surface area contributed by atoms with Gasteiger partial charge in [0.2, 0.25) is 0 Å². The summed E-state index contributed by atoms with van der Waals surface area (Å²) in [7, 11) is 3.02. The van der Waals surface area contributed by atoms with E-state index in [1.165, 1.54) is 32.6 Å². The molecule has 35 heavy (non-hydrogen) atoms. The molecule has 0 aliphatic rings. The Labute approximate surface area is 202 Å². The molecule has 0 saturated heterocycles. The first-order valence-corrected chi connectivity index (χ1v) is 10.7. The fourth-order valence-corrected chi connectivity index (χ4v) is 3.10. The lowest BCUT2D eigenvalue weighted by Gasteiger charge is -2.13. The van der Waals surface area contributed by atoms with Crippen molar-refractivity contribution < 1.29 is 33.6 Å². The molecule has 2 N–H and O–H groups in total. The first-order valence-electron chi connectivity index (χ1n) is 10.7. The van der Waals surface area contributed by atoms with Gasteiger partial charge in [-0.2, -0.15) is 5.10 Å². The van der Waals surface area contributed by atoms with Gasteiger partial charge >= 0.3 is 5.97 Å². The molecule has 3 aromatic carbocycles. The van der Waals surface area contributed by atoms with Crippen LogP contribution < -0.4 is 24.4 Å². The number of carboxylic acids is 1. The normalized spacial score (nSPS) is 10.6. The maximum Gasteiger partial charge on any atom is 0.335 e. The zero-order valence-corrected chi connectivity index (χ0v) is 19.6. The molecule has 0 aliphatic carbocycles. The summed E-state index contributed by atoms with van der Waals surface area (Å²) in [5.41, 5.74) is 4.58. The van der Waals surface area contributed by atoms with Gasteiger partial charge in [-0.3, -0.25) is 4.79 Å². The van der Waals surface area contributed by atoms with E-state index in [1.807, 2.05) is 6.92 Å². The lowest BCUT2D eigenvalue weighted by atomic mass is 10.1. The van der Waals surface area contributed by atoms with E-state index in [9.17, 15) is 9.59 Å². The molecule has 1 amide bonds. The van der Waals surface area contributed by atoms with Crippen LogP contribution in [0.25, 0.3) is 0 Å². The molecule has 0 fully saturated rings. The van der Waals surface area contributed by atoms with Gasteiger partial charge < -0.3 is 24.1 Å². The summed E-state index contributed by atoms with van der Waals surface area (Å²) >= 11 is 0. The average molecular weight is 479 g/mol. The highest BCUT2D eigenvalue weighted by molar-refractivity contribution is 5.95. The monoisotopic (exact) mass is 478 g/mol. The van der Waals surface area contributed by atoms with Crippen LogP contribution in [0.3, 0.4) is 0 Å². The first kappa shape index (κ1) is 25.1. The lowest BCUT2D eigenvalue weighted by Crippen LogP contribution is -2.17. The summed E-state index contributed by atoms with van der Waals surface area (Å²) in [6.45, 7) is 2.54. The predicted molar refractivity (Wildman–Crippen MR) is 130 cm³/mol. The number of aromatic carboxylic acids is 1. The maximum absolute atomic E-state index is 12.4. The van der Waals surface area contributed by atoms with Gasteiger partial charge in [-0.05, 0) is 66.6 Å². The second kappa shape index (κ2) is 12.1. The molecule has 0 radical (unpaired) electrons. The van der Waals surface area contributed by atoms with Crippen LogP contribution in [0.4, 0.5) is 0 Å². The summed E-state index contributed by atoms with van der Waals surface area (Å²) in [6.07, 6.45) is 1.50. The van der Waals surface area contributed by atoms with Gasteiger partial charge in [0.25, 0.3) is 5.91 Å². The van der Waals surface area contributed by atoms with Gasteiger partial charge in [0.1, 0.15) is 6.61 Å². The van der Waals surface area contributed by atoms with E-state index >= 15 is 0 Å². The van der Waals surface area contributed by atoms with Gasteiger partial charge in [-0.25, -0.2) is 10.2 Å². The molecule has 182 valence electrons. The maximum atomic E-state index is 12.4. The number of amides is 1. The molecule has 9 heteroatoms. The molecule has 0 atom stereocenters. The highest BCUT2D eigenvalue weighted by Gasteiger charge is 2.11. The van der Waals surface area contributed by atoms with Crippen LogP contribution in [0.2, 0.25) is 0 Å². The van der Waals surface area contributed by atoms with Gasteiger partial charge in [0.15, 0.2) is 23.0 Å². The molecule has 0 aliphatic heterocycles. The van der Waals surface area contributed by atoms with Crippen LogP contribution in [-0.4, -0.2) is 44.0 Å². The second-order valence-electron chi connectivity index (χ2n) is 7.20. The molecule has 0 heterocycles. The third kappa shape index (κ3) is 6.73. The van der Waals surface area contributed by atoms with Gasteiger partial charge in [-0.1, -0.05) is 12.1 Å². The zero-order valence-electron chi connectivity index (χ0n) is 19.6. The van der Waals surface area contributed by atoms with Crippen molar-refractivity contribution in [2.75, 3.05) is 20.8 Å². The third-order valence-electron chi connectivity index (χ3n) is 4.89. The van der Waals surface area contributed by atoms with Crippen molar-refractivity contribution in [3.8, 4) is 23.0 Å². The van der Waals surface area contributed by atoms with E-state index < -0.39 is 11.9 Å². The lowest BCUT2D eigenvalue weighted by molar-refractivity contribution is 0.0696. The van der Waals surface area contributed by atoms with Crippen molar-refractivity contribution in [3.05, 3.63) is 82.9 Å². The van der Waals surface area contributed by atoms with Gasteiger partial charge in [0.05, 0.1) is 32.6 Å². The van der Waals surface area contributed by atoms with Crippen LogP contribution in [0.15, 0.2) is 65.8 Å². The van der Waals surface area contributed by atoms with Crippen molar-refractivity contribution in [2.45, 2.75) is 13.5 Å². The Bertz CT molecular complexity index is 1210. The summed E-state index contributed by atoms with van der Waals surface area (Å²) < 4.78 is 21.9. The Morgan fingerprint density at radius 3 is 2.20 bits per heavy atom. The summed E-state index contributed by atoms with van der Waals surface area (Å²) in [5, 5.41) is 13.0. The number of carboxylic acid groups (broad SMARTS) is 1. The van der Waals surface area contributed by atoms with Crippen LogP contribution in [0.1, 0.15) is 38.8 Å². The SMILES string of the molecule is CCOc1cc(/C=N/NC(=O)c2ccc(OC)c(OC)c2)ccc1OCc1ccc(C(=O)O)cc1. The van der Waals surface area contributed by atoms with Crippen LogP contribution >= 0.6 is 0 Å². The van der Waals surface area contributed by atoms with Gasteiger partial charge in [0, 0.05) is 5.56 Å². The molecule has 0 bridgehead atoms. The summed E-state index contributed by atoms with van der Waals surface area (Å²) in [6, 6.07) is 16.5. The number of methoxy groups -OCH3 is 2. The van der Waals surface area contributed by atoms with Crippen molar-refractivity contribution in [2.24, 2.45) is 5.10 Å². The van der Waals surface area contributed by atoms with E-state index in [2.05, 4.69) is 10.5 Å². The molecule has 0 saturated carbocycles. The molecule has 3 rings (SSSR count). The fraction of sp³-hybridized carbons (Fsp3) is 0.192. The van der Waals surface area contributed by atoms with Crippen LogP contribution in [0.5, 0.6) is 23.0 Å². The molecule has 0 unspecified atom stereocenters. The topological polar surface area (TPSA) is 116 Å². The molecule has 0 spiro atoms. The molecular formula is C26H26N2O7. The van der Waals surface area contributed by atoms with E-state index in [1.54, 1.807) is 48.5 Å². The number of carbonyl (C=O) groups excluding carboxylic acids is 1. The number of hydrogen-bond acceptors (Lipinski definition) is 7.